The first-order valence-electron chi connectivity index (χ1n) is 14.7. The number of sulfonamides is 1. The van der Waals surface area contributed by atoms with Gasteiger partial charge in [-0.15, -0.1) is 0 Å². The van der Waals surface area contributed by atoms with E-state index >= 15 is 0 Å². The van der Waals surface area contributed by atoms with Crippen molar-refractivity contribution >= 4 is 27.9 Å². The summed E-state index contributed by atoms with van der Waals surface area (Å²) in [4.78, 5) is 28.1. The van der Waals surface area contributed by atoms with Crippen LogP contribution >= 0.6 is 0 Å². The van der Waals surface area contributed by atoms with Crippen LogP contribution in [0.5, 0.6) is 0 Å². The molecule has 2 aliphatic heterocycles. The fraction of sp³-hybridized carbons (Fsp3) is 0.533. The number of amides is 2. The first-order valence-corrected chi connectivity index (χ1v) is 16.1. The SMILES string of the molecule is CC(C)CN(C[C@@H](OC(=O)N1CC[C@H](N)C1)[C@H](Cc1ccccc1)NC(=O)O[C@H]1CCOC1)S(=O)(=O)c1ccc(N)cc1. The highest BCUT2D eigenvalue weighted by Gasteiger charge is 2.37. The van der Waals surface area contributed by atoms with Crippen molar-refractivity contribution in [2.24, 2.45) is 11.7 Å². The second-order valence-electron chi connectivity index (χ2n) is 11.5. The summed E-state index contributed by atoms with van der Waals surface area (Å²) in [5, 5.41) is 2.88. The van der Waals surface area contributed by atoms with Gasteiger partial charge in [0.25, 0.3) is 0 Å². The molecule has 43 heavy (non-hydrogen) atoms. The maximum atomic E-state index is 13.9. The number of rotatable bonds is 12. The van der Waals surface area contributed by atoms with Gasteiger partial charge < -0.3 is 35.9 Å². The number of benzene rings is 2. The summed E-state index contributed by atoms with van der Waals surface area (Å²) >= 11 is 0. The topological polar surface area (TPSA) is 167 Å². The molecule has 13 heteroatoms. The molecule has 0 aromatic heterocycles. The van der Waals surface area contributed by atoms with Gasteiger partial charge in [-0.2, -0.15) is 4.31 Å². The highest BCUT2D eigenvalue weighted by molar-refractivity contribution is 7.89. The summed E-state index contributed by atoms with van der Waals surface area (Å²) in [7, 11) is -4.03. The van der Waals surface area contributed by atoms with Gasteiger partial charge in [-0.25, -0.2) is 18.0 Å². The van der Waals surface area contributed by atoms with Gasteiger partial charge >= 0.3 is 12.2 Å². The second kappa shape index (κ2) is 14.9. The molecule has 0 unspecified atom stereocenters. The molecule has 2 fully saturated rings. The third kappa shape index (κ3) is 9.30. The molecule has 2 aromatic carbocycles. The molecule has 0 saturated carbocycles. The fourth-order valence-electron chi connectivity index (χ4n) is 5.16. The van der Waals surface area contributed by atoms with Crippen molar-refractivity contribution in [2.45, 2.75) is 62.3 Å². The molecule has 2 aliphatic rings. The normalized spacial score (nSPS) is 20.3. The van der Waals surface area contributed by atoms with E-state index in [0.717, 1.165) is 5.56 Å². The zero-order valence-electron chi connectivity index (χ0n) is 24.8. The number of carbonyl (C=O) groups excluding carboxylic acids is 2. The van der Waals surface area contributed by atoms with E-state index < -0.39 is 40.5 Å². The minimum absolute atomic E-state index is 0.0515. The summed E-state index contributed by atoms with van der Waals surface area (Å²) in [6.07, 6.45) is -1.32. The summed E-state index contributed by atoms with van der Waals surface area (Å²) in [6.45, 7) is 5.29. The number of nitrogens with two attached hydrogens (primary N) is 2. The molecule has 236 valence electrons. The largest absolute Gasteiger partial charge is 0.444 e. The molecule has 5 N–H and O–H groups in total. The van der Waals surface area contributed by atoms with Gasteiger partial charge in [0, 0.05) is 37.8 Å². The number of nitrogen functional groups attached to an aromatic ring is 1. The highest BCUT2D eigenvalue weighted by Crippen LogP contribution is 2.22. The van der Waals surface area contributed by atoms with Gasteiger partial charge in [-0.3, -0.25) is 0 Å². The first-order chi connectivity index (χ1) is 20.5. The van der Waals surface area contributed by atoms with Crippen LogP contribution in [-0.2, 0) is 30.7 Å². The summed E-state index contributed by atoms with van der Waals surface area (Å²) in [5.74, 6) is -0.0515. The number of anilines is 1. The molecule has 2 saturated heterocycles. The molecule has 0 radical (unpaired) electrons. The zero-order chi connectivity index (χ0) is 31.0. The third-order valence-corrected chi connectivity index (χ3v) is 9.26. The summed E-state index contributed by atoms with van der Waals surface area (Å²) in [5.41, 5.74) is 13.1. The maximum absolute atomic E-state index is 13.9. The van der Waals surface area contributed by atoms with Crippen molar-refractivity contribution < 1.29 is 32.2 Å². The highest BCUT2D eigenvalue weighted by atomic mass is 32.2. The Labute approximate surface area is 253 Å². The first kappa shape index (κ1) is 32.5. The molecule has 4 rings (SSSR count). The Morgan fingerprint density at radius 1 is 1.09 bits per heavy atom. The van der Waals surface area contributed by atoms with Crippen LogP contribution in [0.1, 0.15) is 32.3 Å². The Hall–Kier alpha value is -3.39. The molecule has 0 spiro atoms. The molecular formula is C30H43N5O7S. The lowest BCUT2D eigenvalue weighted by atomic mass is 10.0. The van der Waals surface area contributed by atoms with Crippen LogP contribution in [0, 0.1) is 5.92 Å². The Kier molecular flexibility index (Phi) is 11.2. The molecule has 2 amide bonds. The number of nitrogens with one attached hydrogen (secondary N) is 1. The van der Waals surface area contributed by atoms with Crippen molar-refractivity contribution in [2.75, 3.05) is 45.1 Å². The fourth-order valence-corrected chi connectivity index (χ4v) is 6.77. The lowest BCUT2D eigenvalue weighted by Crippen LogP contribution is -2.54. The molecule has 2 aromatic rings. The van der Waals surface area contributed by atoms with E-state index in [4.69, 9.17) is 25.7 Å². The predicted molar refractivity (Wildman–Crippen MR) is 162 cm³/mol. The number of nitrogens with zero attached hydrogens (tertiary/aromatic N) is 2. The van der Waals surface area contributed by atoms with Gasteiger partial charge in [0.15, 0.2) is 0 Å². The summed E-state index contributed by atoms with van der Waals surface area (Å²) in [6, 6.07) is 14.3. The monoisotopic (exact) mass is 617 g/mol. The van der Waals surface area contributed by atoms with Crippen LogP contribution in [-0.4, -0.2) is 93.5 Å². The minimum atomic E-state index is -4.03. The Balaban J connectivity index is 1.67. The number of hydrogen-bond acceptors (Lipinski definition) is 9. The van der Waals surface area contributed by atoms with E-state index in [1.54, 1.807) is 0 Å². The van der Waals surface area contributed by atoms with Gasteiger partial charge in [-0.1, -0.05) is 44.2 Å². The molecule has 4 atom stereocenters. The molecule has 12 nitrogen and oxygen atoms in total. The summed E-state index contributed by atoms with van der Waals surface area (Å²) < 4.78 is 46.1. The zero-order valence-corrected chi connectivity index (χ0v) is 25.6. The standard InChI is InChI=1S/C30H43N5O7S/c1-21(2)17-35(43(38,39)26-10-8-23(31)9-11-26)19-28(42-30(37)34-14-12-24(32)18-34)27(16-22-6-4-3-5-7-22)33-29(36)41-25-13-15-40-20-25/h3-11,21,24-25,27-28H,12-20,31-32H2,1-2H3,(H,33,36)/t24-,25-,27-,28+/m0/s1. The minimum Gasteiger partial charge on any atom is -0.444 e. The van der Waals surface area contributed by atoms with Crippen molar-refractivity contribution in [3.8, 4) is 0 Å². The van der Waals surface area contributed by atoms with Crippen LogP contribution in [0.15, 0.2) is 59.5 Å². The van der Waals surface area contributed by atoms with Crippen LogP contribution in [0.25, 0.3) is 0 Å². The van der Waals surface area contributed by atoms with Crippen molar-refractivity contribution in [3.05, 3.63) is 60.2 Å². The van der Waals surface area contributed by atoms with E-state index in [-0.39, 0.29) is 36.4 Å². The van der Waals surface area contributed by atoms with Crippen LogP contribution in [0.4, 0.5) is 15.3 Å². The molecule has 0 bridgehead atoms. The maximum Gasteiger partial charge on any atom is 0.410 e. The Morgan fingerprint density at radius 3 is 2.42 bits per heavy atom. The smallest absolute Gasteiger partial charge is 0.410 e. The van der Waals surface area contributed by atoms with Gasteiger partial charge in [0.1, 0.15) is 12.2 Å². The number of carbonyl (C=O) groups is 2. The number of alkyl carbamates (subject to hydrolysis) is 1. The van der Waals surface area contributed by atoms with Gasteiger partial charge in [0.2, 0.25) is 10.0 Å². The van der Waals surface area contributed by atoms with E-state index in [0.29, 0.717) is 44.8 Å². The van der Waals surface area contributed by atoms with Gasteiger partial charge in [0.05, 0.1) is 30.7 Å². The third-order valence-electron chi connectivity index (χ3n) is 7.42. The molecule has 0 aliphatic carbocycles. The van der Waals surface area contributed by atoms with E-state index in [9.17, 15) is 18.0 Å². The van der Waals surface area contributed by atoms with Crippen molar-refractivity contribution in [1.29, 1.82) is 0 Å². The average molecular weight is 618 g/mol. The Morgan fingerprint density at radius 2 is 1.81 bits per heavy atom. The van der Waals surface area contributed by atoms with E-state index in [1.807, 2.05) is 44.2 Å². The quantitative estimate of drug-likeness (QED) is 0.303. The number of ether oxygens (including phenoxy) is 3. The average Bonchev–Trinajstić information content (AvgIpc) is 3.64. The molecule has 2 heterocycles. The van der Waals surface area contributed by atoms with Crippen LogP contribution in [0.2, 0.25) is 0 Å². The number of hydrogen-bond donors (Lipinski definition) is 3. The predicted octanol–water partition coefficient (Wildman–Crippen LogP) is 2.58. The lowest BCUT2D eigenvalue weighted by molar-refractivity contribution is 0.0324. The lowest BCUT2D eigenvalue weighted by Gasteiger charge is -2.34. The van der Waals surface area contributed by atoms with Crippen molar-refractivity contribution in [1.82, 2.24) is 14.5 Å². The second-order valence-corrected chi connectivity index (χ2v) is 13.5. The van der Waals surface area contributed by atoms with E-state index in [1.165, 1.54) is 33.5 Å². The van der Waals surface area contributed by atoms with Crippen LogP contribution < -0.4 is 16.8 Å². The Bertz CT molecular complexity index is 1300. The van der Waals surface area contributed by atoms with Gasteiger partial charge in [-0.05, 0) is 48.6 Å². The van der Waals surface area contributed by atoms with E-state index in [2.05, 4.69) is 5.32 Å². The van der Waals surface area contributed by atoms with Crippen LogP contribution in [0.3, 0.4) is 0 Å². The molecular weight excluding hydrogens is 574 g/mol. The number of likely N-dealkylation sites (tertiary alicyclic amines) is 1. The van der Waals surface area contributed by atoms with Crippen molar-refractivity contribution in [3.63, 3.8) is 0 Å².